The molecule has 2 aromatic rings. The molecule has 3 rings (SSSR count). The van der Waals surface area contributed by atoms with Gasteiger partial charge in [-0.3, -0.25) is 9.78 Å². The molecule has 1 aliphatic heterocycles. The van der Waals surface area contributed by atoms with Gasteiger partial charge in [0.25, 0.3) is 5.91 Å². The van der Waals surface area contributed by atoms with E-state index in [-0.39, 0.29) is 18.1 Å². The fourth-order valence-electron chi connectivity index (χ4n) is 2.68. The molecule has 2 heterocycles. The molecule has 0 aliphatic carbocycles. The molecule has 1 saturated heterocycles. The molecule has 5 nitrogen and oxygen atoms in total. The van der Waals surface area contributed by atoms with E-state index in [1.165, 1.54) is 0 Å². The summed E-state index contributed by atoms with van der Waals surface area (Å²) in [6.45, 7) is 3.33. The lowest BCUT2D eigenvalue weighted by molar-refractivity contribution is 0.0679. The zero-order chi connectivity index (χ0) is 16.8. The summed E-state index contributed by atoms with van der Waals surface area (Å²) in [4.78, 5) is 16.3. The highest BCUT2D eigenvalue weighted by Gasteiger charge is 2.16. The number of amides is 1. The van der Waals surface area contributed by atoms with Gasteiger partial charge in [-0.05, 0) is 61.7 Å². The van der Waals surface area contributed by atoms with Crippen molar-refractivity contribution in [2.75, 3.05) is 13.2 Å². The minimum atomic E-state index is -0.106. The normalized spacial score (nSPS) is 18.1. The van der Waals surface area contributed by atoms with Crippen molar-refractivity contribution in [1.82, 2.24) is 10.3 Å². The van der Waals surface area contributed by atoms with Crippen LogP contribution in [-0.4, -0.2) is 30.2 Å². The molecule has 0 radical (unpaired) electrons. The number of rotatable bonds is 6. The smallest absolute Gasteiger partial charge is 0.251 e. The van der Waals surface area contributed by atoms with Crippen molar-refractivity contribution in [2.45, 2.75) is 31.9 Å². The number of benzene rings is 1. The molecule has 1 fully saturated rings. The second kappa shape index (κ2) is 7.93. The van der Waals surface area contributed by atoms with E-state index >= 15 is 0 Å². The lowest BCUT2D eigenvalue weighted by Crippen LogP contribution is -2.26. The number of nitrogens with one attached hydrogen (secondary N) is 1. The monoisotopic (exact) mass is 326 g/mol. The first-order valence-electron chi connectivity index (χ1n) is 8.27. The first kappa shape index (κ1) is 16.5. The highest BCUT2D eigenvalue weighted by atomic mass is 16.5. The van der Waals surface area contributed by atoms with Crippen molar-refractivity contribution in [3.63, 3.8) is 0 Å². The van der Waals surface area contributed by atoms with Gasteiger partial charge in [0.2, 0.25) is 0 Å². The van der Waals surface area contributed by atoms with Crippen molar-refractivity contribution in [3.8, 4) is 5.75 Å². The number of pyridine rings is 1. The molecule has 0 spiro atoms. The summed E-state index contributed by atoms with van der Waals surface area (Å²) in [7, 11) is 0. The van der Waals surface area contributed by atoms with Gasteiger partial charge < -0.3 is 14.8 Å². The average molecular weight is 326 g/mol. The predicted octanol–water partition coefficient (Wildman–Crippen LogP) is 3.13. The summed E-state index contributed by atoms with van der Waals surface area (Å²) < 4.78 is 11.2. The first-order valence-corrected chi connectivity index (χ1v) is 8.27. The number of aromatic nitrogens is 1. The van der Waals surface area contributed by atoms with Gasteiger partial charge in [0.15, 0.2) is 0 Å². The summed E-state index contributed by atoms with van der Waals surface area (Å²) in [6, 6.07) is 10.9. The molecular weight excluding hydrogens is 304 g/mol. The van der Waals surface area contributed by atoms with Crippen LogP contribution in [0, 0.1) is 0 Å². The van der Waals surface area contributed by atoms with Crippen LogP contribution in [-0.2, 0) is 4.74 Å². The second-order valence-corrected chi connectivity index (χ2v) is 5.95. The van der Waals surface area contributed by atoms with Crippen LogP contribution in [0.5, 0.6) is 5.75 Å². The van der Waals surface area contributed by atoms with E-state index < -0.39 is 0 Å². The Morgan fingerprint density at radius 3 is 2.71 bits per heavy atom. The van der Waals surface area contributed by atoms with Crippen LogP contribution >= 0.6 is 0 Å². The van der Waals surface area contributed by atoms with Crippen molar-refractivity contribution in [2.24, 2.45) is 0 Å². The predicted molar refractivity (Wildman–Crippen MR) is 91.0 cm³/mol. The highest BCUT2D eigenvalue weighted by Crippen LogP contribution is 2.17. The van der Waals surface area contributed by atoms with Gasteiger partial charge in [-0.1, -0.05) is 0 Å². The van der Waals surface area contributed by atoms with Crippen molar-refractivity contribution in [3.05, 3.63) is 59.9 Å². The quantitative estimate of drug-likeness (QED) is 0.886. The van der Waals surface area contributed by atoms with Crippen LogP contribution in [0.3, 0.4) is 0 Å². The van der Waals surface area contributed by atoms with Crippen molar-refractivity contribution >= 4 is 5.91 Å². The fourth-order valence-corrected chi connectivity index (χ4v) is 2.68. The second-order valence-electron chi connectivity index (χ2n) is 5.95. The summed E-state index contributed by atoms with van der Waals surface area (Å²) in [5, 5.41) is 2.98. The minimum absolute atomic E-state index is 0.0732. The van der Waals surface area contributed by atoms with Crippen LogP contribution in [0.2, 0.25) is 0 Å². The number of carbonyl (C=O) groups is 1. The lowest BCUT2D eigenvalue weighted by Gasteiger charge is -2.15. The van der Waals surface area contributed by atoms with Gasteiger partial charge in [-0.25, -0.2) is 0 Å². The molecule has 2 atom stereocenters. The number of hydrogen-bond donors (Lipinski definition) is 1. The number of carbonyl (C=O) groups excluding carboxylic acids is 1. The largest absolute Gasteiger partial charge is 0.491 e. The summed E-state index contributed by atoms with van der Waals surface area (Å²) in [5.41, 5.74) is 1.63. The van der Waals surface area contributed by atoms with E-state index in [1.54, 1.807) is 24.5 Å². The lowest BCUT2D eigenvalue weighted by atomic mass is 10.1. The Hall–Kier alpha value is -2.40. The Morgan fingerprint density at radius 2 is 2.04 bits per heavy atom. The van der Waals surface area contributed by atoms with E-state index in [0.29, 0.717) is 12.2 Å². The van der Waals surface area contributed by atoms with Crippen molar-refractivity contribution in [1.29, 1.82) is 0 Å². The molecule has 24 heavy (non-hydrogen) atoms. The van der Waals surface area contributed by atoms with Crippen molar-refractivity contribution < 1.29 is 14.3 Å². The van der Waals surface area contributed by atoms with Crippen LogP contribution in [0.15, 0.2) is 48.8 Å². The molecule has 126 valence electrons. The summed E-state index contributed by atoms with van der Waals surface area (Å²) in [6.07, 6.45) is 5.78. The molecule has 1 aromatic carbocycles. The Bertz CT molecular complexity index is 652. The van der Waals surface area contributed by atoms with E-state index in [9.17, 15) is 4.79 Å². The van der Waals surface area contributed by atoms with Gasteiger partial charge in [-0.15, -0.1) is 0 Å². The topological polar surface area (TPSA) is 60.5 Å². The molecule has 0 saturated carbocycles. The van der Waals surface area contributed by atoms with Crippen LogP contribution < -0.4 is 10.1 Å². The maximum atomic E-state index is 12.3. The van der Waals surface area contributed by atoms with Gasteiger partial charge in [-0.2, -0.15) is 0 Å². The van der Waals surface area contributed by atoms with E-state index in [0.717, 1.165) is 30.8 Å². The SMILES string of the molecule is C[C@@H](NC(=O)c1ccc(OC[C@H]2CCCO2)cc1)c1ccncc1. The Balaban J connectivity index is 1.53. The maximum absolute atomic E-state index is 12.3. The zero-order valence-corrected chi connectivity index (χ0v) is 13.8. The Morgan fingerprint density at radius 1 is 1.29 bits per heavy atom. The molecule has 0 unspecified atom stereocenters. The number of ether oxygens (including phenoxy) is 2. The third-order valence-electron chi connectivity index (χ3n) is 4.13. The van der Waals surface area contributed by atoms with Gasteiger partial charge >= 0.3 is 0 Å². The van der Waals surface area contributed by atoms with Gasteiger partial charge in [0, 0.05) is 24.6 Å². The molecule has 5 heteroatoms. The maximum Gasteiger partial charge on any atom is 0.251 e. The standard InChI is InChI=1S/C19H22N2O3/c1-14(15-8-10-20-11-9-15)21-19(22)16-4-6-17(7-5-16)24-13-18-3-2-12-23-18/h4-11,14,18H,2-3,12-13H2,1H3,(H,21,22)/t14-,18-/m1/s1. The third kappa shape index (κ3) is 4.32. The highest BCUT2D eigenvalue weighted by molar-refractivity contribution is 5.94. The van der Waals surface area contributed by atoms with E-state index in [1.807, 2.05) is 31.2 Å². The Kier molecular flexibility index (Phi) is 5.43. The molecule has 1 aliphatic rings. The zero-order valence-electron chi connectivity index (χ0n) is 13.8. The van der Waals surface area contributed by atoms with Gasteiger partial charge in [0.05, 0.1) is 12.1 Å². The molecule has 1 amide bonds. The fraction of sp³-hybridized carbons (Fsp3) is 0.368. The van der Waals surface area contributed by atoms with E-state index in [4.69, 9.17) is 9.47 Å². The third-order valence-corrected chi connectivity index (χ3v) is 4.13. The Labute approximate surface area is 142 Å². The van der Waals surface area contributed by atoms with E-state index in [2.05, 4.69) is 10.3 Å². The van der Waals surface area contributed by atoms with Gasteiger partial charge in [0.1, 0.15) is 12.4 Å². The summed E-state index contributed by atoms with van der Waals surface area (Å²) in [5.74, 6) is 0.647. The molecule has 1 aromatic heterocycles. The molecule has 1 N–H and O–H groups in total. The molecule has 0 bridgehead atoms. The number of hydrogen-bond acceptors (Lipinski definition) is 4. The van der Waals surface area contributed by atoms with Crippen LogP contribution in [0.1, 0.15) is 41.7 Å². The average Bonchev–Trinajstić information content (AvgIpc) is 3.14. The van der Waals surface area contributed by atoms with Crippen LogP contribution in [0.4, 0.5) is 0 Å². The number of nitrogens with zero attached hydrogens (tertiary/aromatic N) is 1. The minimum Gasteiger partial charge on any atom is -0.491 e. The molecular formula is C19H22N2O3. The first-order chi connectivity index (χ1) is 11.7. The van der Waals surface area contributed by atoms with Crippen LogP contribution in [0.25, 0.3) is 0 Å². The summed E-state index contributed by atoms with van der Waals surface area (Å²) >= 11 is 0.